The van der Waals surface area contributed by atoms with E-state index in [1.165, 1.54) is 20.0 Å². The van der Waals surface area contributed by atoms with Gasteiger partial charge in [0.1, 0.15) is 5.25 Å². The van der Waals surface area contributed by atoms with Crippen LogP contribution in [0.3, 0.4) is 0 Å². The minimum Gasteiger partial charge on any atom is -0.489 e. The minimum absolute atomic E-state index is 0.294. The zero-order valence-corrected chi connectivity index (χ0v) is 14.0. The summed E-state index contributed by atoms with van der Waals surface area (Å²) in [6.07, 6.45) is 0.729. The second-order valence-corrected chi connectivity index (χ2v) is 7.75. The summed E-state index contributed by atoms with van der Waals surface area (Å²) in [5.74, 6) is 0.0284. The van der Waals surface area contributed by atoms with Crippen LogP contribution < -0.4 is 14.8 Å². The lowest BCUT2D eigenvalue weighted by atomic mass is 10.2. The van der Waals surface area contributed by atoms with Crippen molar-refractivity contribution in [1.29, 1.82) is 0 Å². The highest BCUT2D eigenvalue weighted by Crippen LogP contribution is 2.38. The molecular weight excluding hydrogens is 330 g/mol. The molecule has 2 rings (SSSR count). The summed E-state index contributed by atoms with van der Waals surface area (Å²) in [5.41, 5.74) is 0.463. The first kappa shape index (κ1) is 16.9. The number of fused-ring (bicyclic) bond motifs is 1. The molecule has 1 amide bonds. The van der Waals surface area contributed by atoms with Crippen LogP contribution in [0.2, 0.25) is 5.02 Å². The monoisotopic (exact) mass is 347 g/mol. The molecule has 0 unspecified atom stereocenters. The fourth-order valence-corrected chi connectivity index (χ4v) is 3.70. The van der Waals surface area contributed by atoms with E-state index in [-0.39, 0.29) is 5.75 Å². The predicted molar refractivity (Wildman–Crippen MR) is 83.2 cm³/mol. The van der Waals surface area contributed by atoms with E-state index in [2.05, 4.69) is 5.32 Å². The Bertz CT molecular complexity index is 674. The number of sulfone groups is 1. The summed E-state index contributed by atoms with van der Waals surface area (Å²) in [7, 11) is -2.24. The molecule has 1 atom stereocenters. The summed E-state index contributed by atoms with van der Waals surface area (Å²) in [4.78, 5) is 11.5. The van der Waals surface area contributed by atoms with Crippen LogP contribution in [0.15, 0.2) is 12.1 Å². The van der Waals surface area contributed by atoms with Gasteiger partial charge in [-0.3, -0.25) is 4.79 Å². The van der Waals surface area contributed by atoms with E-state index < -0.39 is 21.0 Å². The molecule has 6 nitrogen and oxygen atoms in total. The van der Waals surface area contributed by atoms with Crippen LogP contribution in [0.1, 0.15) is 18.9 Å². The van der Waals surface area contributed by atoms with Gasteiger partial charge >= 0.3 is 0 Å². The number of nitrogens with one attached hydrogen (secondary N) is 1. The third-order valence-electron chi connectivity index (χ3n) is 3.38. The normalized spacial score (nSPS) is 15.8. The molecule has 0 bridgehead atoms. The molecule has 1 aliphatic heterocycles. The Morgan fingerprint density at radius 1 is 1.36 bits per heavy atom. The molecule has 0 saturated carbocycles. The van der Waals surface area contributed by atoms with Crippen molar-refractivity contribution in [1.82, 2.24) is 5.32 Å². The molecule has 1 heterocycles. The van der Waals surface area contributed by atoms with E-state index >= 15 is 0 Å². The maximum absolute atomic E-state index is 12.3. The highest BCUT2D eigenvalue weighted by molar-refractivity contribution is 7.92. The lowest BCUT2D eigenvalue weighted by Gasteiger charge is -2.14. The van der Waals surface area contributed by atoms with E-state index in [1.807, 2.05) is 0 Å². The quantitative estimate of drug-likeness (QED) is 0.893. The van der Waals surface area contributed by atoms with Gasteiger partial charge in [-0.05, 0) is 24.6 Å². The van der Waals surface area contributed by atoms with Crippen molar-refractivity contribution in [3.8, 4) is 11.5 Å². The molecule has 122 valence electrons. The van der Waals surface area contributed by atoms with Gasteiger partial charge in [0, 0.05) is 13.5 Å². The number of ether oxygens (including phenoxy) is 2. The lowest BCUT2D eigenvalue weighted by molar-refractivity contribution is -0.119. The van der Waals surface area contributed by atoms with Gasteiger partial charge in [0.15, 0.2) is 21.3 Å². The number of carbonyl (C=O) groups excluding carboxylic acids is 1. The first-order valence-corrected chi connectivity index (χ1v) is 8.95. The van der Waals surface area contributed by atoms with Gasteiger partial charge < -0.3 is 14.8 Å². The Balaban J connectivity index is 2.29. The van der Waals surface area contributed by atoms with Crippen molar-refractivity contribution in [3.63, 3.8) is 0 Å². The third kappa shape index (κ3) is 3.64. The summed E-state index contributed by atoms with van der Waals surface area (Å²) in [6, 6.07) is 3.13. The largest absolute Gasteiger partial charge is 0.489 e. The van der Waals surface area contributed by atoms with Gasteiger partial charge in [0.05, 0.1) is 24.0 Å². The van der Waals surface area contributed by atoms with E-state index in [9.17, 15) is 13.2 Å². The molecule has 0 aliphatic carbocycles. The highest BCUT2D eigenvalue weighted by Gasteiger charge is 2.28. The van der Waals surface area contributed by atoms with Gasteiger partial charge in [-0.1, -0.05) is 11.6 Å². The van der Waals surface area contributed by atoms with Gasteiger partial charge in [-0.2, -0.15) is 0 Å². The van der Waals surface area contributed by atoms with Crippen LogP contribution in [0.25, 0.3) is 0 Å². The molecule has 1 aliphatic rings. The van der Waals surface area contributed by atoms with Crippen LogP contribution >= 0.6 is 11.6 Å². The van der Waals surface area contributed by atoms with Gasteiger partial charge in [-0.25, -0.2) is 8.42 Å². The van der Waals surface area contributed by atoms with Gasteiger partial charge in [-0.15, -0.1) is 0 Å². The Labute approximate surface area is 134 Å². The zero-order chi connectivity index (χ0) is 16.3. The Morgan fingerprint density at radius 2 is 2.05 bits per heavy atom. The number of hydrogen-bond acceptors (Lipinski definition) is 5. The van der Waals surface area contributed by atoms with Gasteiger partial charge in [0.25, 0.3) is 0 Å². The van der Waals surface area contributed by atoms with E-state index in [4.69, 9.17) is 21.1 Å². The highest BCUT2D eigenvalue weighted by atomic mass is 35.5. The van der Waals surface area contributed by atoms with Crippen LogP contribution in [0.5, 0.6) is 11.5 Å². The molecule has 22 heavy (non-hydrogen) atoms. The van der Waals surface area contributed by atoms with E-state index in [1.54, 1.807) is 6.07 Å². The number of halogens is 1. The van der Waals surface area contributed by atoms with Crippen LogP contribution in [0, 0.1) is 0 Å². The zero-order valence-electron chi connectivity index (χ0n) is 12.4. The molecule has 0 aromatic heterocycles. The fraction of sp³-hybridized carbons (Fsp3) is 0.500. The first-order valence-electron chi connectivity index (χ1n) is 6.86. The van der Waals surface area contributed by atoms with Crippen molar-refractivity contribution in [3.05, 3.63) is 22.7 Å². The second kappa shape index (κ2) is 6.75. The summed E-state index contributed by atoms with van der Waals surface area (Å²) >= 11 is 6.14. The Hall–Kier alpha value is -1.47. The minimum atomic E-state index is -3.64. The molecule has 0 radical (unpaired) electrons. The Kier molecular flexibility index (Phi) is 5.18. The maximum Gasteiger partial charge on any atom is 0.237 e. The molecular formula is C14H18ClNO5S. The molecule has 0 spiro atoms. The number of rotatable bonds is 4. The smallest absolute Gasteiger partial charge is 0.237 e. The lowest BCUT2D eigenvalue weighted by Crippen LogP contribution is -2.36. The summed E-state index contributed by atoms with van der Waals surface area (Å²) < 4.78 is 35.6. The molecule has 8 heteroatoms. The van der Waals surface area contributed by atoms with Crippen molar-refractivity contribution >= 4 is 27.3 Å². The SMILES string of the molecule is CNC(=O)[C@@H](C)S(=O)(=O)Cc1cc(Cl)c2c(c1)OCCCO2. The van der Waals surface area contributed by atoms with Crippen molar-refractivity contribution in [2.75, 3.05) is 20.3 Å². The third-order valence-corrected chi connectivity index (χ3v) is 5.69. The fourth-order valence-electron chi connectivity index (χ4n) is 2.09. The Morgan fingerprint density at radius 3 is 2.73 bits per heavy atom. The summed E-state index contributed by atoms with van der Waals surface area (Å²) in [6.45, 7) is 2.34. The van der Waals surface area contributed by atoms with Crippen molar-refractivity contribution < 1.29 is 22.7 Å². The summed E-state index contributed by atoms with van der Waals surface area (Å²) in [5, 5.41) is 1.51. The van der Waals surface area contributed by atoms with Crippen molar-refractivity contribution in [2.45, 2.75) is 24.3 Å². The predicted octanol–water partition coefficient (Wildman–Crippen LogP) is 1.55. The van der Waals surface area contributed by atoms with Crippen LogP contribution in [-0.4, -0.2) is 39.8 Å². The maximum atomic E-state index is 12.3. The molecule has 1 N–H and O–H groups in total. The number of benzene rings is 1. The molecule has 0 saturated heterocycles. The number of hydrogen-bond donors (Lipinski definition) is 1. The first-order chi connectivity index (χ1) is 10.3. The molecule has 0 fully saturated rings. The van der Waals surface area contributed by atoms with Crippen LogP contribution in [0.4, 0.5) is 0 Å². The standard InChI is InChI=1S/C14H18ClNO5S/c1-9(14(17)16-2)22(18,19)8-10-6-11(15)13-12(7-10)20-4-3-5-21-13/h6-7,9H,3-5,8H2,1-2H3,(H,16,17)/t9-/m1/s1. The average molecular weight is 348 g/mol. The number of carbonyl (C=O) groups is 1. The van der Waals surface area contributed by atoms with E-state index in [0.29, 0.717) is 35.3 Å². The van der Waals surface area contributed by atoms with Gasteiger partial charge in [0.2, 0.25) is 5.91 Å². The molecule has 1 aromatic rings. The second-order valence-electron chi connectivity index (χ2n) is 5.02. The van der Waals surface area contributed by atoms with E-state index in [0.717, 1.165) is 6.42 Å². The number of amides is 1. The van der Waals surface area contributed by atoms with Crippen LogP contribution in [-0.2, 0) is 20.4 Å². The average Bonchev–Trinajstić information content (AvgIpc) is 2.70. The molecule has 1 aromatic carbocycles. The van der Waals surface area contributed by atoms with Crippen molar-refractivity contribution in [2.24, 2.45) is 0 Å². The topological polar surface area (TPSA) is 81.7 Å².